The number of alkyl halides is 2. The molecule has 1 aromatic carbocycles. The minimum Gasteiger partial charge on any atom is -0.478 e. The number of rotatable bonds is 7. The molecule has 0 unspecified atom stereocenters. The molecule has 0 heterocycles. The SMILES string of the molecule is O=C(O)c1ccc([N+](=O)[O-])c(N(CCO)CC(F)F)c1. The van der Waals surface area contributed by atoms with E-state index in [0.29, 0.717) is 0 Å². The van der Waals surface area contributed by atoms with Gasteiger partial charge in [-0.1, -0.05) is 0 Å². The van der Waals surface area contributed by atoms with Crippen LogP contribution in [-0.4, -0.2) is 47.2 Å². The topological polar surface area (TPSA) is 104 Å². The molecule has 7 nitrogen and oxygen atoms in total. The van der Waals surface area contributed by atoms with E-state index in [-0.39, 0.29) is 17.8 Å². The van der Waals surface area contributed by atoms with Crippen molar-refractivity contribution in [3.63, 3.8) is 0 Å². The maximum atomic E-state index is 12.5. The lowest BCUT2D eigenvalue weighted by atomic mass is 10.1. The van der Waals surface area contributed by atoms with Crippen molar-refractivity contribution in [1.29, 1.82) is 0 Å². The molecule has 0 aromatic heterocycles. The Hall–Kier alpha value is -2.29. The standard InChI is InChI=1S/C11H12F2N2O5/c12-10(13)6-14(3-4-16)9-5-7(11(17)18)1-2-8(9)15(19)20/h1-2,5,10,16H,3-4,6H2,(H,17,18). The van der Waals surface area contributed by atoms with Gasteiger partial charge in [0.1, 0.15) is 5.69 Å². The maximum Gasteiger partial charge on any atom is 0.335 e. The quantitative estimate of drug-likeness (QED) is 0.580. The zero-order valence-electron chi connectivity index (χ0n) is 10.2. The molecule has 0 aliphatic rings. The number of anilines is 1. The van der Waals surface area contributed by atoms with E-state index in [4.69, 9.17) is 10.2 Å². The number of aliphatic hydroxyl groups is 1. The average molecular weight is 290 g/mol. The average Bonchev–Trinajstić information content (AvgIpc) is 2.36. The summed E-state index contributed by atoms with van der Waals surface area (Å²) in [5.74, 6) is -1.33. The molecule has 0 atom stereocenters. The second kappa shape index (κ2) is 6.75. The number of carboxylic acids is 1. The van der Waals surface area contributed by atoms with Crippen LogP contribution in [0.4, 0.5) is 20.2 Å². The van der Waals surface area contributed by atoms with E-state index in [0.717, 1.165) is 23.1 Å². The summed E-state index contributed by atoms with van der Waals surface area (Å²) < 4.78 is 25.0. The van der Waals surface area contributed by atoms with Gasteiger partial charge in [-0.15, -0.1) is 0 Å². The first kappa shape index (κ1) is 15.8. The molecule has 0 fully saturated rings. The third kappa shape index (κ3) is 3.85. The highest BCUT2D eigenvalue weighted by atomic mass is 19.3. The Morgan fingerprint density at radius 3 is 2.55 bits per heavy atom. The van der Waals surface area contributed by atoms with Gasteiger partial charge in [0.15, 0.2) is 0 Å². The summed E-state index contributed by atoms with van der Waals surface area (Å²) in [4.78, 5) is 21.8. The highest BCUT2D eigenvalue weighted by Crippen LogP contribution is 2.29. The maximum absolute atomic E-state index is 12.5. The molecule has 1 aromatic rings. The molecule has 9 heteroatoms. The molecule has 110 valence electrons. The zero-order valence-corrected chi connectivity index (χ0v) is 10.2. The van der Waals surface area contributed by atoms with Crippen LogP contribution in [0, 0.1) is 10.1 Å². The lowest BCUT2D eigenvalue weighted by Crippen LogP contribution is -2.32. The first-order valence-electron chi connectivity index (χ1n) is 5.52. The van der Waals surface area contributed by atoms with E-state index in [9.17, 15) is 23.7 Å². The summed E-state index contributed by atoms with van der Waals surface area (Å²) in [6, 6.07) is 2.90. The number of nitro benzene ring substituents is 1. The molecule has 20 heavy (non-hydrogen) atoms. The van der Waals surface area contributed by atoms with Crippen molar-refractivity contribution in [2.75, 3.05) is 24.6 Å². The van der Waals surface area contributed by atoms with Crippen LogP contribution in [0.25, 0.3) is 0 Å². The van der Waals surface area contributed by atoms with E-state index in [2.05, 4.69) is 0 Å². The Labute approximate surface area is 112 Å². The van der Waals surface area contributed by atoms with Gasteiger partial charge in [-0.3, -0.25) is 10.1 Å². The smallest absolute Gasteiger partial charge is 0.335 e. The van der Waals surface area contributed by atoms with Crippen molar-refractivity contribution >= 4 is 17.3 Å². The number of benzene rings is 1. The van der Waals surface area contributed by atoms with E-state index in [1.54, 1.807) is 0 Å². The van der Waals surface area contributed by atoms with Gasteiger partial charge < -0.3 is 15.1 Å². The third-order valence-corrected chi connectivity index (χ3v) is 2.49. The van der Waals surface area contributed by atoms with Crippen molar-refractivity contribution in [1.82, 2.24) is 0 Å². The van der Waals surface area contributed by atoms with Crippen molar-refractivity contribution in [2.24, 2.45) is 0 Å². The fourth-order valence-corrected chi connectivity index (χ4v) is 1.66. The largest absolute Gasteiger partial charge is 0.478 e. The fraction of sp³-hybridized carbons (Fsp3) is 0.364. The summed E-state index contributed by atoms with van der Waals surface area (Å²) in [6.45, 7) is -1.61. The molecule has 0 saturated heterocycles. The molecule has 0 aliphatic carbocycles. The normalized spacial score (nSPS) is 10.6. The number of aromatic carboxylic acids is 1. The minimum absolute atomic E-state index is 0.260. The zero-order chi connectivity index (χ0) is 15.3. The summed E-state index contributed by atoms with van der Waals surface area (Å²) in [5, 5.41) is 28.6. The van der Waals surface area contributed by atoms with Crippen LogP contribution in [0.5, 0.6) is 0 Å². The van der Waals surface area contributed by atoms with Crippen LogP contribution < -0.4 is 4.90 Å². The molecule has 0 radical (unpaired) electrons. The summed E-state index contributed by atoms with van der Waals surface area (Å²) in [7, 11) is 0. The molecule has 0 aliphatic heterocycles. The van der Waals surface area contributed by atoms with Gasteiger partial charge in [0.05, 0.1) is 23.6 Å². The molecular weight excluding hydrogens is 278 g/mol. The van der Waals surface area contributed by atoms with Crippen molar-refractivity contribution in [2.45, 2.75) is 6.43 Å². The lowest BCUT2D eigenvalue weighted by molar-refractivity contribution is -0.384. The van der Waals surface area contributed by atoms with Crippen LogP contribution >= 0.6 is 0 Å². The highest BCUT2D eigenvalue weighted by molar-refractivity contribution is 5.90. The van der Waals surface area contributed by atoms with E-state index < -0.39 is 36.2 Å². The van der Waals surface area contributed by atoms with Gasteiger partial charge in [-0.2, -0.15) is 0 Å². The summed E-state index contributed by atoms with van der Waals surface area (Å²) >= 11 is 0. The monoisotopic (exact) mass is 290 g/mol. The number of carbonyl (C=O) groups is 1. The number of nitrogens with zero attached hydrogens (tertiary/aromatic N) is 2. The van der Waals surface area contributed by atoms with E-state index in [1.165, 1.54) is 0 Å². The number of aliphatic hydroxyl groups excluding tert-OH is 1. The van der Waals surface area contributed by atoms with Gasteiger partial charge in [-0.25, -0.2) is 13.6 Å². The Kier molecular flexibility index (Phi) is 5.32. The summed E-state index contributed by atoms with van der Waals surface area (Å²) in [5.41, 5.74) is -1.02. The number of nitro groups is 1. The number of carboxylic acid groups (broad SMARTS) is 1. The van der Waals surface area contributed by atoms with E-state index >= 15 is 0 Å². The Balaban J connectivity index is 3.30. The van der Waals surface area contributed by atoms with Crippen LogP contribution in [0.1, 0.15) is 10.4 Å². The molecule has 0 amide bonds. The number of halogens is 2. The van der Waals surface area contributed by atoms with Gasteiger partial charge in [0, 0.05) is 12.6 Å². The fourth-order valence-electron chi connectivity index (χ4n) is 1.66. The number of hydrogen-bond donors (Lipinski definition) is 2. The first-order valence-corrected chi connectivity index (χ1v) is 5.52. The van der Waals surface area contributed by atoms with Gasteiger partial charge in [0.25, 0.3) is 12.1 Å². The van der Waals surface area contributed by atoms with Crippen molar-refractivity contribution < 1.29 is 28.7 Å². The van der Waals surface area contributed by atoms with Crippen LogP contribution in [0.15, 0.2) is 18.2 Å². The van der Waals surface area contributed by atoms with Crippen molar-refractivity contribution in [3.05, 3.63) is 33.9 Å². The second-order valence-corrected chi connectivity index (χ2v) is 3.83. The number of hydrogen-bond acceptors (Lipinski definition) is 5. The van der Waals surface area contributed by atoms with Crippen LogP contribution in [0.3, 0.4) is 0 Å². The minimum atomic E-state index is -2.78. The highest BCUT2D eigenvalue weighted by Gasteiger charge is 2.23. The predicted molar refractivity (Wildman–Crippen MR) is 65.4 cm³/mol. The Morgan fingerprint density at radius 1 is 1.45 bits per heavy atom. The lowest BCUT2D eigenvalue weighted by Gasteiger charge is -2.23. The molecule has 2 N–H and O–H groups in total. The Bertz CT molecular complexity index is 510. The molecule has 1 rings (SSSR count). The Morgan fingerprint density at radius 2 is 2.10 bits per heavy atom. The summed E-state index contributed by atoms with van der Waals surface area (Å²) in [6.07, 6.45) is -2.78. The van der Waals surface area contributed by atoms with Crippen LogP contribution in [-0.2, 0) is 0 Å². The molecule has 0 saturated carbocycles. The molecule has 0 bridgehead atoms. The molecular formula is C11H12F2N2O5. The predicted octanol–water partition coefficient (Wildman–Crippen LogP) is 1.36. The van der Waals surface area contributed by atoms with Gasteiger partial charge >= 0.3 is 5.97 Å². The van der Waals surface area contributed by atoms with E-state index in [1.807, 2.05) is 0 Å². The third-order valence-electron chi connectivity index (χ3n) is 2.49. The first-order chi connectivity index (χ1) is 9.36. The second-order valence-electron chi connectivity index (χ2n) is 3.83. The van der Waals surface area contributed by atoms with Crippen LogP contribution in [0.2, 0.25) is 0 Å². The van der Waals surface area contributed by atoms with Crippen molar-refractivity contribution in [3.8, 4) is 0 Å². The van der Waals surface area contributed by atoms with Gasteiger partial charge in [0.2, 0.25) is 0 Å². The molecule has 0 spiro atoms. The van der Waals surface area contributed by atoms with Gasteiger partial charge in [-0.05, 0) is 12.1 Å².